The molecule has 3 aromatic rings. The molecule has 1 aliphatic heterocycles. The Morgan fingerprint density at radius 2 is 2.03 bits per heavy atom. The number of amides is 1. The quantitative estimate of drug-likeness (QED) is 0.384. The van der Waals surface area contributed by atoms with Gasteiger partial charge in [0, 0.05) is 32.9 Å². The predicted octanol–water partition coefficient (Wildman–Crippen LogP) is 2.81. The Hall–Kier alpha value is -3.47. The van der Waals surface area contributed by atoms with Gasteiger partial charge in [-0.2, -0.15) is 10.1 Å². The van der Waals surface area contributed by atoms with Crippen LogP contribution in [0.3, 0.4) is 0 Å². The minimum atomic E-state index is 0.155. The fourth-order valence-corrected chi connectivity index (χ4v) is 4.60. The molecule has 0 aromatic carbocycles. The third kappa shape index (κ3) is 5.84. The molecule has 194 valence electrons. The largest absolute Gasteiger partial charge is 0.495 e. The van der Waals surface area contributed by atoms with Gasteiger partial charge in [-0.1, -0.05) is 13.3 Å². The topological polar surface area (TPSA) is 133 Å². The summed E-state index contributed by atoms with van der Waals surface area (Å²) in [5, 5.41) is 7.90. The lowest BCUT2D eigenvalue weighted by Gasteiger charge is -2.32. The normalized spacial score (nSPS) is 14.4. The maximum absolute atomic E-state index is 12.3. The number of pyridine rings is 1. The number of nitrogens with zero attached hydrogens (tertiary/aromatic N) is 6. The van der Waals surface area contributed by atoms with Gasteiger partial charge in [-0.15, -0.1) is 0 Å². The molecule has 0 unspecified atom stereocenters. The van der Waals surface area contributed by atoms with Gasteiger partial charge in [0.05, 0.1) is 32.9 Å². The molecule has 4 heterocycles. The molecule has 36 heavy (non-hydrogen) atoms. The standard InChI is InChI=1S/C25H36N8O3/c1-4-5-9-27-24-23-19(30-25(26)31-24)15-29-33(23)16-20-21(36-3)13-18(14-28-20)17-6-10-32(11-7-17)22(34)8-12-35-2/h13-15,17H,4-12,16H2,1-3H3,(H3,26,27,30,31). The number of piperidine rings is 1. The van der Waals surface area contributed by atoms with Gasteiger partial charge in [0.2, 0.25) is 11.9 Å². The number of anilines is 2. The minimum absolute atomic E-state index is 0.155. The third-order valence-electron chi connectivity index (χ3n) is 6.64. The summed E-state index contributed by atoms with van der Waals surface area (Å²) in [4.78, 5) is 27.7. The number of likely N-dealkylation sites (tertiary alicyclic amines) is 1. The van der Waals surface area contributed by atoms with E-state index in [9.17, 15) is 4.79 Å². The number of nitrogens with two attached hydrogens (primary N) is 1. The summed E-state index contributed by atoms with van der Waals surface area (Å²) < 4.78 is 12.6. The number of aromatic nitrogens is 5. The van der Waals surface area contributed by atoms with Crippen molar-refractivity contribution in [3.63, 3.8) is 0 Å². The molecular formula is C25H36N8O3. The number of fused-ring (bicyclic) bond motifs is 1. The first-order chi connectivity index (χ1) is 17.5. The Labute approximate surface area is 211 Å². The van der Waals surface area contributed by atoms with Crippen LogP contribution < -0.4 is 15.8 Å². The number of hydrogen-bond acceptors (Lipinski definition) is 9. The van der Waals surface area contributed by atoms with E-state index in [0.29, 0.717) is 42.6 Å². The summed E-state index contributed by atoms with van der Waals surface area (Å²) in [6.45, 7) is 5.29. The first kappa shape index (κ1) is 25.6. The molecule has 0 atom stereocenters. The Kier molecular flexibility index (Phi) is 8.52. The first-order valence-electron chi connectivity index (χ1n) is 12.6. The van der Waals surface area contributed by atoms with Gasteiger partial charge < -0.3 is 25.4 Å². The summed E-state index contributed by atoms with van der Waals surface area (Å²) in [6.07, 6.45) is 7.95. The zero-order valence-corrected chi connectivity index (χ0v) is 21.4. The van der Waals surface area contributed by atoms with Gasteiger partial charge in [-0.3, -0.25) is 14.5 Å². The van der Waals surface area contributed by atoms with Crippen LogP contribution in [-0.4, -0.2) is 76.0 Å². The zero-order valence-electron chi connectivity index (χ0n) is 21.4. The molecule has 1 saturated heterocycles. The number of nitrogen functional groups attached to an aromatic ring is 1. The average molecular weight is 497 g/mol. The fourth-order valence-electron chi connectivity index (χ4n) is 4.60. The molecule has 3 N–H and O–H groups in total. The van der Waals surface area contributed by atoms with E-state index in [0.717, 1.165) is 62.1 Å². The lowest BCUT2D eigenvalue weighted by molar-refractivity contribution is -0.133. The zero-order chi connectivity index (χ0) is 25.5. The van der Waals surface area contributed by atoms with Gasteiger partial charge in [-0.05, 0) is 36.8 Å². The van der Waals surface area contributed by atoms with Crippen molar-refractivity contribution in [2.75, 3.05) is 51.5 Å². The van der Waals surface area contributed by atoms with Crippen molar-refractivity contribution in [1.82, 2.24) is 29.6 Å². The van der Waals surface area contributed by atoms with E-state index in [4.69, 9.17) is 20.2 Å². The van der Waals surface area contributed by atoms with Crippen LogP contribution in [-0.2, 0) is 16.1 Å². The van der Waals surface area contributed by atoms with Crippen LogP contribution in [0.25, 0.3) is 11.0 Å². The van der Waals surface area contributed by atoms with Crippen molar-refractivity contribution < 1.29 is 14.3 Å². The van der Waals surface area contributed by atoms with E-state index in [1.165, 1.54) is 0 Å². The first-order valence-corrected chi connectivity index (χ1v) is 12.6. The lowest BCUT2D eigenvalue weighted by Crippen LogP contribution is -2.38. The van der Waals surface area contributed by atoms with Gasteiger partial charge in [0.25, 0.3) is 0 Å². The summed E-state index contributed by atoms with van der Waals surface area (Å²) >= 11 is 0. The van der Waals surface area contributed by atoms with Crippen molar-refractivity contribution in [3.8, 4) is 5.75 Å². The number of nitrogens with one attached hydrogen (secondary N) is 1. The van der Waals surface area contributed by atoms with Crippen LogP contribution in [0.2, 0.25) is 0 Å². The van der Waals surface area contributed by atoms with E-state index in [1.54, 1.807) is 20.4 Å². The van der Waals surface area contributed by atoms with Gasteiger partial charge >= 0.3 is 0 Å². The van der Waals surface area contributed by atoms with Crippen molar-refractivity contribution >= 4 is 28.7 Å². The van der Waals surface area contributed by atoms with Crippen LogP contribution in [0.4, 0.5) is 11.8 Å². The minimum Gasteiger partial charge on any atom is -0.495 e. The highest BCUT2D eigenvalue weighted by Crippen LogP contribution is 2.32. The summed E-state index contributed by atoms with van der Waals surface area (Å²) in [7, 11) is 3.27. The molecule has 1 fully saturated rings. The Morgan fingerprint density at radius 1 is 1.22 bits per heavy atom. The van der Waals surface area contributed by atoms with Crippen molar-refractivity contribution in [2.24, 2.45) is 0 Å². The van der Waals surface area contributed by atoms with Gasteiger partial charge in [0.15, 0.2) is 5.82 Å². The smallest absolute Gasteiger partial charge is 0.224 e. The maximum atomic E-state index is 12.3. The summed E-state index contributed by atoms with van der Waals surface area (Å²) in [5.41, 5.74) is 9.29. The second kappa shape index (κ2) is 12.0. The van der Waals surface area contributed by atoms with Crippen molar-refractivity contribution in [3.05, 3.63) is 29.7 Å². The number of unbranched alkanes of at least 4 members (excludes halogenated alkanes) is 1. The molecule has 0 saturated carbocycles. The van der Waals surface area contributed by atoms with Crippen molar-refractivity contribution in [2.45, 2.75) is 51.5 Å². The third-order valence-corrected chi connectivity index (χ3v) is 6.64. The molecule has 4 rings (SSSR count). The Bertz CT molecular complexity index is 1170. The number of rotatable bonds is 11. The van der Waals surface area contributed by atoms with E-state index >= 15 is 0 Å². The molecule has 0 spiro atoms. The highest BCUT2D eigenvalue weighted by atomic mass is 16.5. The summed E-state index contributed by atoms with van der Waals surface area (Å²) in [6, 6.07) is 2.07. The maximum Gasteiger partial charge on any atom is 0.224 e. The molecule has 0 radical (unpaired) electrons. The van der Waals surface area contributed by atoms with Crippen LogP contribution in [0.15, 0.2) is 18.5 Å². The molecule has 0 aliphatic carbocycles. The second-order valence-electron chi connectivity index (χ2n) is 9.06. The van der Waals surface area contributed by atoms with Crippen LogP contribution in [0.5, 0.6) is 5.75 Å². The molecule has 1 aliphatic rings. The molecule has 11 heteroatoms. The molecule has 1 amide bonds. The number of methoxy groups -OCH3 is 2. The number of carbonyl (C=O) groups excluding carboxylic acids is 1. The van der Waals surface area contributed by atoms with Gasteiger partial charge in [-0.25, -0.2) is 4.98 Å². The number of hydrogen-bond donors (Lipinski definition) is 2. The Morgan fingerprint density at radius 3 is 2.75 bits per heavy atom. The van der Waals surface area contributed by atoms with Crippen LogP contribution >= 0.6 is 0 Å². The number of ether oxygens (including phenoxy) is 2. The fraction of sp³-hybridized carbons (Fsp3) is 0.560. The summed E-state index contributed by atoms with van der Waals surface area (Å²) in [5.74, 6) is 2.09. The highest BCUT2D eigenvalue weighted by molar-refractivity contribution is 5.86. The van der Waals surface area contributed by atoms with Gasteiger partial charge in [0.1, 0.15) is 22.5 Å². The van der Waals surface area contributed by atoms with Crippen LogP contribution in [0.1, 0.15) is 56.2 Å². The van der Waals surface area contributed by atoms with Crippen LogP contribution in [0, 0.1) is 0 Å². The molecule has 0 bridgehead atoms. The predicted molar refractivity (Wildman–Crippen MR) is 138 cm³/mol. The van der Waals surface area contributed by atoms with E-state index in [2.05, 4.69) is 33.4 Å². The van der Waals surface area contributed by atoms with E-state index in [1.807, 2.05) is 15.8 Å². The second-order valence-corrected chi connectivity index (χ2v) is 9.06. The number of carbonyl (C=O) groups is 1. The lowest BCUT2D eigenvalue weighted by atomic mass is 9.90. The van der Waals surface area contributed by atoms with E-state index < -0.39 is 0 Å². The highest BCUT2D eigenvalue weighted by Gasteiger charge is 2.25. The molecule has 3 aromatic heterocycles. The van der Waals surface area contributed by atoms with Crippen molar-refractivity contribution in [1.29, 1.82) is 0 Å². The monoisotopic (exact) mass is 496 g/mol. The molecule has 11 nitrogen and oxygen atoms in total. The SMILES string of the molecule is CCCCNc1nc(N)nc2cnn(Cc3ncc(C4CCN(C(=O)CCOC)CC4)cc3OC)c12. The average Bonchev–Trinajstić information content (AvgIpc) is 3.30. The van der Waals surface area contributed by atoms with E-state index in [-0.39, 0.29) is 11.9 Å². The Balaban J connectivity index is 1.49. The molecular weight excluding hydrogens is 460 g/mol.